The van der Waals surface area contributed by atoms with E-state index in [1.165, 1.54) is 12.1 Å². The largest absolute Gasteiger partial charge is 0.494 e. The number of aliphatic carboxylic acids is 1. The molecule has 0 radical (unpaired) electrons. The average molecular weight is 396 g/mol. The van der Waals surface area contributed by atoms with Crippen molar-refractivity contribution in [3.63, 3.8) is 0 Å². The van der Waals surface area contributed by atoms with E-state index in [9.17, 15) is 14.7 Å². The van der Waals surface area contributed by atoms with Crippen LogP contribution in [0.25, 0.3) is 0 Å². The highest BCUT2D eigenvalue weighted by Gasteiger charge is 2.20. The summed E-state index contributed by atoms with van der Waals surface area (Å²) < 4.78 is 5.51. The molecule has 0 aliphatic carbocycles. The number of ether oxygens (including phenoxy) is 1. The van der Waals surface area contributed by atoms with Crippen molar-refractivity contribution in [1.82, 2.24) is 5.32 Å². The monoisotopic (exact) mass is 395 g/mol. The third-order valence-electron chi connectivity index (χ3n) is 3.61. The number of nitrogens with one attached hydrogen (secondary N) is 1. The van der Waals surface area contributed by atoms with Gasteiger partial charge in [-0.15, -0.1) is 0 Å². The van der Waals surface area contributed by atoms with Gasteiger partial charge in [0.25, 0.3) is 5.91 Å². The summed E-state index contributed by atoms with van der Waals surface area (Å²) in [5.74, 6) is -0.831. The Hall–Kier alpha value is -2.24. The highest BCUT2D eigenvalue weighted by Crippen LogP contribution is 2.24. The number of carbonyl (C=O) groups excluding carboxylic acids is 1. The molecule has 0 bridgehead atoms. The van der Waals surface area contributed by atoms with Crippen molar-refractivity contribution >= 4 is 35.1 Å². The average Bonchev–Trinajstić information content (AvgIpc) is 2.61. The number of benzene rings is 2. The molecule has 1 atom stereocenters. The summed E-state index contributed by atoms with van der Waals surface area (Å²) in [5, 5.41) is 12.5. The molecule has 2 N–H and O–H groups in total. The zero-order valence-electron chi connectivity index (χ0n) is 14.2. The molecule has 2 rings (SSSR count). The van der Waals surface area contributed by atoms with Crippen LogP contribution in [0.15, 0.2) is 42.5 Å². The van der Waals surface area contributed by atoms with E-state index in [1.54, 1.807) is 30.3 Å². The molecule has 2 aromatic rings. The number of carboxylic acids is 1. The fraction of sp³-hybridized carbons (Fsp3) is 0.263. The van der Waals surface area contributed by atoms with Gasteiger partial charge in [-0.2, -0.15) is 0 Å². The normalized spacial score (nSPS) is 11.7. The maximum absolute atomic E-state index is 12.5. The molecule has 138 valence electrons. The van der Waals surface area contributed by atoms with E-state index in [1.807, 2.05) is 6.92 Å². The van der Waals surface area contributed by atoms with E-state index < -0.39 is 17.9 Å². The van der Waals surface area contributed by atoms with Gasteiger partial charge in [0.1, 0.15) is 5.75 Å². The molecular weight excluding hydrogens is 377 g/mol. The van der Waals surface area contributed by atoms with Crippen LogP contribution in [0.1, 0.15) is 41.7 Å². The van der Waals surface area contributed by atoms with Gasteiger partial charge in [-0.3, -0.25) is 9.59 Å². The third-order valence-corrected chi connectivity index (χ3v) is 4.18. The minimum atomic E-state index is -1.03. The minimum absolute atomic E-state index is 0.192. The number of rotatable bonds is 8. The van der Waals surface area contributed by atoms with Gasteiger partial charge in [0.15, 0.2) is 0 Å². The van der Waals surface area contributed by atoms with Crippen LogP contribution in [0.5, 0.6) is 5.75 Å². The van der Waals surface area contributed by atoms with Crippen LogP contribution in [0, 0.1) is 0 Å². The lowest BCUT2D eigenvalue weighted by molar-refractivity contribution is -0.137. The second kappa shape index (κ2) is 9.46. The van der Waals surface area contributed by atoms with Crippen molar-refractivity contribution in [3.8, 4) is 5.75 Å². The second-order valence-corrected chi connectivity index (χ2v) is 6.51. The summed E-state index contributed by atoms with van der Waals surface area (Å²) in [6.45, 7) is 2.61. The molecule has 7 heteroatoms. The van der Waals surface area contributed by atoms with Crippen LogP contribution in [0.4, 0.5) is 0 Å². The zero-order valence-corrected chi connectivity index (χ0v) is 15.7. The smallest absolute Gasteiger partial charge is 0.305 e. The fourth-order valence-electron chi connectivity index (χ4n) is 2.35. The number of hydrogen-bond acceptors (Lipinski definition) is 3. The van der Waals surface area contributed by atoms with Gasteiger partial charge in [-0.25, -0.2) is 0 Å². The number of carboxylic acid groups (broad SMARTS) is 1. The molecule has 0 saturated carbocycles. The van der Waals surface area contributed by atoms with Gasteiger partial charge < -0.3 is 15.2 Å². The molecule has 0 aliphatic heterocycles. The summed E-state index contributed by atoms with van der Waals surface area (Å²) in [4.78, 5) is 23.7. The van der Waals surface area contributed by atoms with Crippen LogP contribution in [0.2, 0.25) is 10.0 Å². The summed E-state index contributed by atoms with van der Waals surface area (Å²) in [5.41, 5.74) is 0.847. The van der Waals surface area contributed by atoms with E-state index in [4.69, 9.17) is 27.9 Å². The molecule has 0 spiro atoms. The Morgan fingerprint density at radius 3 is 2.46 bits per heavy atom. The lowest BCUT2D eigenvalue weighted by atomic mass is 10.0. The molecule has 5 nitrogen and oxygen atoms in total. The van der Waals surface area contributed by atoms with Crippen molar-refractivity contribution in [2.45, 2.75) is 25.8 Å². The highest BCUT2D eigenvalue weighted by molar-refractivity contribution is 6.35. The molecule has 1 unspecified atom stereocenters. The Balaban J connectivity index is 2.20. The number of amides is 1. The first-order valence-electron chi connectivity index (χ1n) is 8.11. The SMILES string of the molecule is CCCOc1ccc(C(CC(=O)O)NC(=O)c2cc(Cl)ccc2Cl)cc1. The summed E-state index contributed by atoms with van der Waals surface area (Å²) in [7, 11) is 0. The molecule has 1 amide bonds. The highest BCUT2D eigenvalue weighted by atomic mass is 35.5. The van der Waals surface area contributed by atoms with Crippen molar-refractivity contribution in [1.29, 1.82) is 0 Å². The predicted molar refractivity (Wildman–Crippen MR) is 101 cm³/mol. The molecule has 0 fully saturated rings. The van der Waals surface area contributed by atoms with Gasteiger partial charge in [-0.05, 0) is 42.3 Å². The number of carbonyl (C=O) groups is 2. The van der Waals surface area contributed by atoms with Crippen molar-refractivity contribution in [2.24, 2.45) is 0 Å². The van der Waals surface area contributed by atoms with Gasteiger partial charge in [0.05, 0.1) is 29.7 Å². The van der Waals surface area contributed by atoms with E-state index in [2.05, 4.69) is 5.32 Å². The first-order chi connectivity index (χ1) is 12.4. The van der Waals surface area contributed by atoms with E-state index in [0.717, 1.165) is 6.42 Å². The maximum Gasteiger partial charge on any atom is 0.305 e. The Labute approximate surface area is 161 Å². The second-order valence-electron chi connectivity index (χ2n) is 5.67. The topological polar surface area (TPSA) is 75.6 Å². The van der Waals surface area contributed by atoms with Crippen LogP contribution < -0.4 is 10.1 Å². The first-order valence-corrected chi connectivity index (χ1v) is 8.86. The number of halogens is 2. The zero-order chi connectivity index (χ0) is 19.1. The minimum Gasteiger partial charge on any atom is -0.494 e. The number of hydrogen-bond donors (Lipinski definition) is 2. The van der Waals surface area contributed by atoms with Crippen LogP contribution in [-0.2, 0) is 4.79 Å². The van der Waals surface area contributed by atoms with Crippen LogP contribution in [-0.4, -0.2) is 23.6 Å². The van der Waals surface area contributed by atoms with E-state index in [-0.39, 0.29) is 17.0 Å². The lowest BCUT2D eigenvalue weighted by Crippen LogP contribution is -2.30. The molecule has 0 saturated heterocycles. The standard InChI is InChI=1S/C19H19Cl2NO4/c1-2-9-26-14-6-3-12(4-7-14)17(11-18(23)24)22-19(25)15-10-13(20)5-8-16(15)21/h3-8,10,17H,2,9,11H2,1H3,(H,22,25)(H,23,24). The van der Waals surface area contributed by atoms with E-state index >= 15 is 0 Å². The molecule has 0 aromatic heterocycles. The Kier molecular flexibility index (Phi) is 7.30. The Bertz CT molecular complexity index is 778. The predicted octanol–water partition coefficient (Wildman–Crippen LogP) is 4.73. The van der Waals surface area contributed by atoms with Gasteiger partial charge in [0.2, 0.25) is 0 Å². The molecule has 2 aromatic carbocycles. The maximum atomic E-state index is 12.5. The van der Waals surface area contributed by atoms with E-state index in [0.29, 0.717) is 22.9 Å². The first kappa shape index (κ1) is 20.1. The summed E-state index contributed by atoms with van der Waals surface area (Å²) in [6.07, 6.45) is 0.624. The van der Waals surface area contributed by atoms with Gasteiger partial charge >= 0.3 is 5.97 Å². The van der Waals surface area contributed by atoms with Crippen molar-refractivity contribution < 1.29 is 19.4 Å². The van der Waals surface area contributed by atoms with Crippen molar-refractivity contribution in [2.75, 3.05) is 6.61 Å². The molecule has 26 heavy (non-hydrogen) atoms. The van der Waals surface area contributed by atoms with Crippen LogP contribution in [0.3, 0.4) is 0 Å². The summed E-state index contributed by atoms with van der Waals surface area (Å²) >= 11 is 12.0. The quantitative estimate of drug-likeness (QED) is 0.677. The van der Waals surface area contributed by atoms with Gasteiger partial charge in [-0.1, -0.05) is 42.3 Å². The lowest BCUT2D eigenvalue weighted by Gasteiger charge is -2.18. The molecular formula is C19H19Cl2NO4. The summed E-state index contributed by atoms with van der Waals surface area (Å²) in [6, 6.07) is 10.8. The Morgan fingerprint density at radius 1 is 1.15 bits per heavy atom. The van der Waals surface area contributed by atoms with Gasteiger partial charge in [0, 0.05) is 5.02 Å². The van der Waals surface area contributed by atoms with Crippen LogP contribution >= 0.6 is 23.2 Å². The molecule has 0 heterocycles. The molecule has 0 aliphatic rings. The van der Waals surface area contributed by atoms with Crippen molar-refractivity contribution in [3.05, 3.63) is 63.6 Å². The third kappa shape index (κ3) is 5.64. The fourth-order valence-corrected chi connectivity index (χ4v) is 2.73. The Morgan fingerprint density at radius 2 is 1.85 bits per heavy atom.